The maximum absolute atomic E-state index is 13.2. The summed E-state index contributed by atoms with van der Waals surface area (Å²) in [6, 6.07) is 21.2. The number of carboxylic acid groups (broad SMARTS) is 2. The van der Waals surface area contributed by atoms with Crippen LogP contribution in [0.5, 0.6) is 0 Å². The summed E-state index contributed by atoms with van der Waals surface area (Å²) in [5.74, 6) is -4.67. The molecule has 4 heterocycles. The van der Waals surface area contributed by atoms with Crippen molar-refractivity contribution in [1.82, 2.24) is 19.8 Å². The van der Waals surface area contributed by atoms with Gasteiger partial charge in [-0.05, 0) is 97.4 Å². The Labute approximate surface area is 402 Å². The summed E-state index contributed by atoms with van der Waals surface area (Å²) in [4.78, 5) is 56.8. The molecule has 3 unspecified atom stereocenters. The van der Waals surface area contributed by atoms with Gasteiger partial charge in [-0.3, -0.25) is 19.6 Å². The molecule has 8 rings (SSSR count). The van der Waals surface area contributed by atoms with Crippen molar-refractivity contribution in [2.75, 3.05) is 13.1 Å². The summed E-state index contributed by atoms with van der Waals surface area (Å²) in [6.07, 6.45) is 12.0. The molecule has 3 atom stereocenters. The molecule has 18 heteroatoms. The molecule has 10 nitrogen and oxygen atoms in total. The fourth-order valence-corrected chi connectivity index (χ4v) is 10.0. The quantitative estimate of drug-likeness (QED) is 0.166. The average Bonchev–Trinajstić information content (AvgIpc) is 3.85. The van der Waals surface area contributed by atoms with Gasteiger partial charge in [-0.1, -0.05) is 112 Å². The van der Waals surface area contributed by atoms with Crippen molar-refractivity contribution in [2.24, 2.45) is 11.3 Å². The van der Waals surface area contributed by atoms with Gasteiger partial charge in [-0.15, -0.1) is 0 Å². The van der Waals surface area contributed by atoms with Crippen LogP contribution in [0, 0.1) is 11.3 Å². The molecule has 4 fully saturated rings. The Morgan fingerprint density at radius 2 is 1.16 bits per heavy atom. The van der Waals surface area contributed by atoms with E-state index in [-0.39, 0.29) is 17.3 Å². The molecule has 0 radical (unpaired) electrons. The number of benzene rings is 2. The number of amides is 2. The minimum atomic E-state index is -5.08. The van der Waals surface area contributed by atoms with Gasteiger partial charge in [0.05, 0.1) is 5.41 Å². The van der Waals surface area contributed by atoms with E-state index in [2.05, 4.69) is 57.9 Å². The number of hydrogen-bond acceptors (Lipinski definition) is 6. The zero-order valence-electron chi connectivity index (χ0n) is 37.8. The van der Waals surface area contributed by atoms with Crippen LogP contribution >= 0.6 is 23.2 Å². The first-order valence-corrected chi connectivity index (χ1v) is 23.5. The second-order valence-corrected chi connectivity index (χ2v) is 18.7. The zero-order valence-corrected chi connectivity index (χ0v) is 39.4. The number of carbonyl (C=O) groups excluding carboxylic acids is 2. The minimum Gasteiger partial charge on any atom is -0.475 e. The summed E-state index contributed by atoms with van der Waals surface area (Å²) < 4.78 is 63.5. The number of pyridine rings is 2. The van der Waals surface area contributed by atoms with Gasteiger partial charge in [0.15, 0.2) is 0 Å². The van der Waals surface area contributed by atoms with E-state index >= 15 is 0 Å². The molecular weight excluding hydrogens is 937 g/mol. The largest absolute Gasteiger partial charge is 0.490 e. The van der Waals surface area contributed by atoms with Gasteiger partial charge >= 0.3 is 24.3 Å². The van der Waals surface area contributed by atoms with E-state index in [0.717, 1.165) is 69.4 Å². The number of likely N-dealkylation sites (tertiary alicyclic amines) is 2. The third-order valence-corrected chi connectivity index (χ3v) is 13.9. The predicted octanol–water partition coefficient (Wildman–Crippen LogP) is 12.5. The van der Waals surface area contributed by atoms with Crippen LogP contribution in [-0.2, 0) is 25.6 Å². The van der Waals surface area contributed by atoms with E-state index in [9.17, 15) is 35.9 Å². The number of nitrogens with zero attached hydrogens (tertiary/aromatic N) is 4. The number of hydrogen-bond donors (Lipinski definition) is 2. The molecule has 2 amide bonds. The predicted molar refractivity (Wildman–Crippen MR) is 247 cm³/mol. The number of alkyl halides is 6. The molecule has 2 N–H and O–H groups in total. The first-order valence-electron chi connectivity index (χ1n) is 22.7. The molecule has 0 bridgehead atoms. The second-order valence-electron chi connectivity index (χ2n) is 17.9. The first-order chi connectivity index (χ1) is 32.1. The minimum absolute atomic E-state index is 0.0497. The van der Waals surface area contributed by atoms with Crippen molar-refractivity contribution in [1.29, 1.82) is 0 Å². The van der Waals surface area contributed by atoms with Crippen LogP contribution in [0.25, 0.3) is 22.3 Å². The van der Waals surface area contributed by atoms with Crippen molar-refractivity contribution >= 4 is 47.0 Å². The number of carbonyl (C=O) groups is 4. The highest BCUT2D eigenvalue weighted by atomic mass is 35.5. The topological polar surface area (TPSA) is 141 Å². The number of rotatable bonds is 8. The van der Waals surface area contributed by atoms with Crippen LogP contribution in [-0.4, -0.2) is 91.3 Å². The molecule has 368 valence electrons. The van der Waals surface area contributed by atoms with Gasteiger partial charge in [0.25, 0.3) is 0 Å². The maximum Gasteiger partial charge on any atom is 0.490 e. The van der Waals surface area contributed by atoms with Crippen LogP contribution in [0.2, 0.25) is 10.0 Å². The summed E-state index contributed by atoms with van der Waals surface area (Å²) in [5, 5.41) is 15.7. The van der Waals surface area contributed by atoms with Gasteiger partial charge in [-0.25, -0.2) is 9.59 Å². The van der Waals surface area contributed by atoms with E-state index < -0.39 is 24.3 Å². The number of halogens is 8. The van der Waals surface area contributed by atoms with E-state index in [0.29, 0.717) is 30.3 Å². The smallest absolute Gasteiger partial charge is 0.475 e. The maximum atomic E-state index is 13.2. The normalized spacial score (nSPS) is 20.6. The molecular formula is C50H56Cl2F6N4O6. The Bertz CT molecular complexity index is 2300. The highest BCUT2D eigenvalue weighted by Crippen LogP contribution is 2.42. The Balaban J connectivity index is 0.000000199. The van der Waals surface area contributed by atoms with Crippen molar-refractivity contribution in [3.05, 3.63) is 107 Å². The average molecular weight is 994 g/mol. The van der Waals surface area contributed by atoms with E-state index in [1.165, 1.54) is 64.2 Å². The van der Waals surface area contributed by atoms with Crippen LogP contribution < -0.4 is 0 Å². The van der Waals surface area contributed by atoms with Crippen molar-refractivity contribution in [3.8, 4) is 22.3 Å². The highest BCUT2D eigenvalue weighted by molar-refractivity contribution is 6.32. The van der Waals surface area contributed by atoms with Gasteiger partial charge < -0.3 is 20.0 Å². The summed E-state index contributed by atoms with van der Waals surface area (Å²) in [6.45, 7) is 6.07. The van der Waals surface area contributed by atoms with E-state index in [4.69, 9.17) is 43.0 Å². The van der Waals surface area contributed by atoms with Crippen molar-refractivity contribution in [2.45, 2.75) is 128 Å². The third kappa shape index (κ3) is 14.4. The van der Waals surface area contributed by atoms with Crippen LogP contribution in [0.15, 0.2) is 85.5 Å². The monoisotopic (exact) mass is 992 g/mol. The molecule has 2 aliphatic carbocycles. The number of aromatic nitrogens is 2. The van der Waals surface area contributed by atoms with E-state index in [1.54, 1.807) is 12.4 Å². The molecule has 2 aliphatic heterocycles. The summed E-state index contributed by atoms with van der Waals surface area (Å²) in [7, 11) is 0. The summed E-state index contributed by atoms with van der Waals surface area (Å²) >= 11 is 13.2. The fourth-order valence-electron chi connectivity index (χ4n) is 9.42. The number of carboxylic acids is 2. The lowest BCUT2D eigenvalue weighted by atomic mass is 9.81. The van der Waals surface area contributed by atoms with Crippen LogP contribution in [0.4, 0.5) is 26.3 Å². The third-order valence-electron chi connectivity index (χ3n) is 13.2. The van der Waals surface area contributed by atoms with Gasteiger partial charge in [0.2, 0.25) is 11.8 Å². The van der Waals surface area contributed by atoms with Crippen LogP contribution in [0.3, 0.4) is 0 Å². The van der Waals surface area contributed by atoms with E-state index in [1.807, 2.05) is 48.8 Å². The Hall–Kier alpha value is -5.22. The van der Waals surface area contributed by atoms with Gasteiger partial charge in [-0.2, -0.15) is 26.3 Å². The number of aliphatic carboxylic acids is 2. The Morgan fingerprint density at radius 1 is 0.691 bits per heavy atom. The SMILES string of the molecule is CC(c1ccc(-c2cccnc2)cc1Cl)C1CCN(C2CCCCC2)C1=O.CC1(Cc2ccc(-c3cccnc3)cc2Cl)CCN(C2CCCCC2)C1=O.O=C(O)C(F)(F)F.O=C(O)C(F)(F)F. The fraction of sp³-hybridized carbons (Fsp3) is 0.480. The summed E-state index contributed by atoms with van der Waals surface area (Å²) in [5.41, 5.74) is 6.03. The molecule has 4 aliphatic rings. The molecule has 2 saturated carbocycles. The molecule has 0 spiro atoms. The van der Waals surface area contributed by atoms with Crippen molar-refractivity contribution in [3.63, 3.8) is 0 Å². The molecule has 68 heavy (non-hydrogen) atoms. The molecule has 2 aromatic heterocycles. The first kappa shape index (κ1) is 53.7. The van der Waals surface area contributed by atoms with Gasteiger partial charge in [0, 0.05) is 77.1 Å². The molecule has 2 aromatic carbocycles. The lowest BCUT2D eigenvalue weighted by Gasteiger charge is -2.33. The van der Waals surface area contributed by atoms with Gasteiger partial charge in [0.1, 0.15) is 0 Å². The van der Waals surface area contributed by atoms with Crippen LogP contribution in [0.1, 0.15) is 108 Å². The molecule has 4 aromatic rings. The Kier molecular flexibility index (Phi) is 18.9. The second kappa shape index (κ2) is 23.9. The standard InChI is InChI=1S/2C23H27ClN2O.2C2HF3O2/c1-23(11-13-26(22(23)27)20-7-3-2-4-8-20)15-18-10-9-17(14-21(18)24)19-6-5-12-25-16-19;1-16(21-11-13-26(23(21)27)19-7-3-2-4-8-19)20-10-9-17(14-22(20)24)18-6-5-12-25-15-18;2*3-2(4,5)1(6)7/h5-6,9-10,12,14,16,20H,2-4,7-8,11,13,15H2,1H3;5-6,9-10,12,14-16,19,21H,2-4,7-8,11,13H2,1H3;2*(H,6,7). The Morgan fingerprint density at radius 3 is 1.60 bits per heavy atom. The van der Waals surface area contributed by atoms with Crippen molar-refractivity contribution < 1.29 is 55.7 Å². The highest BCUT2D eigenvalue weighted by Gasteiger charge is 2.45. The molecule has 2 saturated heterocycles. The zero-order chi connectivity index (χ0) is 49.8. The lowest BCUT2D eigenvalue weighted by molar-refractivity contribution is -0.193. The lowest BCUT2D eigenvalue weighted by Crippen LogP contribution is -2.41.